The molecular formula is C18H13FN2O5. The number of nitrogens with one attached hydrogen (secondary N) is 1. The molecule has 4 amide bonds. The molecule has 0 atom stereocenters. The maximum atomic E-state index is 13.0. The number of imide groups is 2. The van der Waals surface area contributed by atoms with Crippen molar-refractivity contribution in [2.75, 3.05) is 0 Å². The molecule has 3 N–H and O–H groups in total. The van der Waals surface area contributed by atoms with E-state index >= 15 is 0 Å². The summed E-state index contributed by atoms with van der Waals surface area (Å²) in [6, 6.07) is 8.13. The number of carbonyl (C=O) groups is 3. The van der Waals surface area contributed by atoms with Crippen molar-refractivity contribution in [2.45, 2.75) is 6.54 Å². The minimum Gasteiger partial charge on any atom is -0.504 e. The summed E-state index contributed by atoms with van der Waals surface area (Å²) in [7, 11) is 0. The van der Waals surface area contributed by atoms with E-state index in [-0.39, 0.29) is 23.4 Å². The number of benzene rings is 2. The first-order valence-corrected chi connectivity index (χ1v) is 7.50. The molecule has 1 aliphatic rings. The molecule has 2 aromatic carbocycles. The van der Waals surface area contributed by atoms with Crippen molar-refractivity contribution in [2.24, 2.45) is 0 Å². The maximum absolute atomic E-state index is 13.0. The van der Waals surface area contributed by atoms with Crippen LogP contribution in [0.15, 0.2) is 48.0 Å². The Morgan fingerprint density at radius 1 is 1.00 bits per heavy atom. The number of barbiturate groups is 1. The van der Waals surface area contributed by atoms with Crippen molar-refractivity contribution in [3.8, 4) is 11.5 Å². The molecule has 0 spiro atoms. The summed E-state index contributed by atoms with van der Waals surface area (Å²) in [6.07, 6.45) is 1.20. The van der Waals surface area contributed by atoms with Crippen molar-refractivity contribution >= 4 is 23.9 Å². The molecule has 0 aromatic heterocycles. The van der Waals surface area contributed by atoms with Gasteiger partial charge in [0.1, 0.15) is 11.4 Å². The number of hydrogen-bond acceptors (Lipinski definition) is 5. The number of carbonyl (C=O) groups excluding carboxylic acids is 3. The highest BCUT2D eigenvalue weighted by Gasteiger charge is 2.35. The van der Waals surface area contributed by atoms with Gasteiger partial charge in [0.2, 0.25) is 0 Å². The van der Waals surface area contributed by atoms with Crippen LogP contribution in [-0.2, 0) is 16.1 Å². The fourth-order valence-electron chi connectivity index (χ4n) is 2.41. The van der Waals surface area contributed by atoms with Crippen molar-refractivity contribution in [1.29, 1.82) is 0 Å². The zero-order valence-electron chi connectivity index (χ0n) is 13.3. The Balaban J connectivity index is 1.90. The van der Waals surface area contributed by atoms with E-state index in [1.165, 1.54) is 48.5 Å². The summed E-state index contributed by atoms with van der Waals surface area (Å²) >= 11 is 0. The number of phenols is 2. The van der Waals surface area contributed by atoms with Crippen molar-refractivity contribution in [3.05, 3.63) is 65.0 Å². The second kappa shape index (κ2) is 6.67. The molecule has 132 valence electrons. The maximum Gasteiger partial charge on any atom is 0.331 e. The van der Waals surface area contributed by atoms with E-state index in [0.717, 1.165) is 4.90 Å². The third kappa shape index (κ3) is 3.39. The molecule has 0 saturated carbocycles. The molecule has 2 aromatic rings. The van der Waals surface area contributed by atoms with E-state index in [0.29, 0.717) is 5.56 Å². The first-order chi connectivity index (χ1) is 12.3. The number of halogens is 1. The van der Waals surface area contributed by atoms with Gasteiger partial charge in [-0.25, -0.2) is 9.18 Å². The minimum absolute atomic E-state index is 0.142. The van der Waals surface area contributed by atoms with Gasteiger partial charge in [0.25, 0.3) is 11.8 Å². The molecule has 3 rings (SSSR count). The van der Waals surface area contributed by atoms with Gasteiger partial charge < -0.3 is 10.2 Å². The molecule has 0 aliphatic carbocycles. The largest absolute Gasteiger partial charge is 0.504 e. The number of phenolic OH excluding ortho intramolecular Hbond substituents is 2. The Morgan fingerprint density at radius 3 is 2.35 bits per heavy atom. The molecule has 1 fully saturated rings. The van der Waals surface area contributed by atoms with Crippen LogP contribution in [0.1, 0.15) is 11.1 Å². The number of urea groups is 1. The van der Waals surface area contributed by atoms with Gasteiger partial charge in [0, 0.05) is 0 Å². The number of nitrogens with zero attached hydrogens (tertiary/aromatic N) is 1. The summed E-state index contributed by atoms with van der Waals surface area (Å²) in [5, 5.41) is 20.9. The van der Waals surface area contributed by atoms with Crippen LogP contribution < -0.4 is 5.32 Å². The fraction of sp³-hybridized carbons (Fsp3) is 0.0556. The lowest BCUT2D eigenvalue weighted by atomic mass is 10.1. The van der Waals surface area contributed by atoms with Crippen LogP contribution in [0.25, 0.3) is 6.08 Å². The van der Waals surface area contributed by atoms with Gasteiger partial charge >= 0.3 is 6.03 Å². The van der Waals surface area contributed by atoms with E-state index < -0.39 is 29.4 Å². The quantitative estimate of drug-likeness (QED) is 0.442. The molecule has 1 aliphatic heterocycles. The van der Waals surface area contributed by atoms with Crippen LogP contribution in [0, 0.1) is 5.82 Å². The summed E-state index contributed by atoms with van der Waals surface area (Å²) in [6.45, 7) is -0.142. The van der Waals surface area contributed by atoms with Gasteiger partial charge in [-0.2, -0.15) is 0 Å². The summed E-state index contributed by atoms with van der Waals surface area (Å²) in [4.78, 5) is 37.4. The lowest BCUT2D eigenvalue weighted by molar-refractivity contribution is -0.130. The first-order valence-electron chi connectivity index (χ1n) is 7.50. The van der Waals surface area contributed by atoms with Gasteiger partial charge in [-0.15, -0.1) is 0 Å². The normalized spacial score (nSPS) is 16.1. The SMILES string of the molecule is O=C1NC(=O)N(Cc2ccc(F)cc2)C(=O)C1=Cc1ccc(O)c(O)c1. The van der Waals surface area contributed by atoms with Gasteiger partial charge in [0.15, 0.2) is 11.5 Å². The molecule has 7 nitrogen and oxygen atoms in total. The molecule has 0 bridgehead atoms. The molecule has 26 heavy (non-hydrogen) atoms. The van der Waals surface area contributed by atoms with Gasteiger partial charge in [0.05, 0.1) is 6.54 Å². The fourth-order valence-corrected chi connectivity index (χ4v) is 2.41. The first kappa shape index (κ1) is 17.2. The highest BCUT2D eigenvalue weighted by atomic mass is 19.1. The minimum atomic E-state index is -0.880. The Hall–Kier alpha value is -3.68. The highest BCUT2D eigenvalue weighted by molar-refractivity contribution is 6.30. The summed E-state index contributed by atoms with van der Waals surface area (Å²) in [5.41, 5.74) is 0.484. The van der Waals surface area contributed by atoms with Gasteiger partial charge in [-0.3, -0.25) is 19.8 Å². The van der Waals surface area contributed by atoms with Crippen LogP contribution in [0.4, 0.5) is 9.18 Å². The second-order valence-electron chi connectivity index (χ2n) is 5.58. The Kier molecular flexibility index (Phi) is 4.40. The van der Waals surface area contributed by atoms with Crippen molar-refractivity contribution in [1.82, 2.24) is 10.2 Å². The van der Waals surface area contributed by atoms with Crippen LogP contribution in [-0.4, -0.2) is 33.0 Å². The molecule has 1 heterocycles. The van der Waals surface area contributed by atoms with E-state index in [2.05, 4.69) is 5.32 Å². The monoisotopic (exact) mass is 356 g/mol. The third-order valence-electron chi connectivity index (χ3n) is 3.75. The van der Waals surface area contributed by atoms with Crippen molar-refractivity contribution in [3.63, 3.8) is 0 Å². The average Bonchev–Trinajstić information content (AvgIpc) is 2.60. The van der Waals surface area contributed by atoms with Crippen LogP contribution >= 0.6 is 0 Å². The van der Waals surface area contributed by atoms with Crippen molar-refractivity contribution < 1.29 is 29.0 Å². The topological polar surface area (TPSA) is 107 Å². The number of rotatable bonds is 3. The van der Waals surface area contributed by atoms with Gasteiger partial charge in [-0.1, -0.05) is 18.2 Å². The smallest absolute Gasteiger partial charge is 0.331 e. The van der Waals surface area contributed by atoms with E-state index in [1.54, 1.807) is 0 Å². The molecule has 1 saturated heterocycles. The molecular weight excluding hydrogens is 343 g/mol. The lowest BCUT2D eigenvalue weighted by Gasteiger charge is -2.26. The third-order valence-corrected chi connectivity index (χ3v) is 3.75. The predicted octanol–water partition coefficient (Wildman–Crippen LogP) is 1.90. The van der Waals surface area contributed by atoms with E-state index in [4.69, 9.17) is 0 Å². The predicted molar refractivity (Wildman–Crippen MR) is 88.2 cm³/mol. The molecule has 8 heteroatoms. The molecule has 0 unspecified atom stereocenters. The standard InChI is InChI=1S/C18H13FN2O5/c19-12-4-1-10(2-5-12)9-21-17(25)13(16(24)20-18(21)26)7-11-3-6-14(22)15(23)8-11/h1-8,22-23H,9H2,(H,20,24,26). The highest BCUT2D eigenvalue weighted by Crippen LogP contribution is 2.26. The summed E-state index contributed by atoms with van der Waals surface area (Å²) in [5.74, 6) is -2.91. The number of amides is 4. The van der Waals surface area contributed by atoms with Crippen LogP contribution in [0.3, 0.4) is 0 Å². The average molecular weight is 356 g/mol. The van der Waals surface area contributed by atoms with Gasteiger partial charge in [-0.05, 0) is 41.5 Å². The number of aromatic hydroxyl groups is 2. The van der Waals surface area contributed by atoms with E-state index in [9.17, 15) is 29.0 Å². The Labute approximate surface area is 147 Å². The zero-order valence-corrected chi connectivity index (χ0v) is 13.3. The molecule has 0 radical (unpaired) electrons. The van der Waals surface area contributed by atoms with E-state index in [1.807, 2.05) is 0 Å². The summed E-state index contributed by atoms with van der Waals surface area (Å²) < 4.78 is 13.0. The lowest BCUT2D eigenvalue weighted by Crippen LogP contribution is -2.53. The Morgan fingerprint density at radius 2 is 1.69 bits per heavy atom. The van der Waals surface area contributed by atoms with Crippen LogP contribution in [0.2, 0.25) is 0 Å². The van der Waals surface area contributed by atoms with Crippen LogP contribution in [0.5, 0.6) is 11.5 Å². The Bertz CT molecular complexity index is 937. The second-order valence-corrected chi connectivity index (χ2v) is 5.58. The number of hydrogen-bond donors (Lipinski definition) is 3. The zero-order chi connectivity index (χ0) is 18.8.